The molecule has 6 nitrogen and oxygen atoms in total. The Labute approximate surface area is 117 Å². The van der Waals surface area contributed by atoms with E-state index < -0.39 is 16.5 Å². The van der Waals surface area contributed by atoms with Crippen LogP contribution in [0.5, 0.6) is 0 Å². The van der Waals surface area contributed by atoms with Crippen LogP contribution in [0.1, 0.15) is 15.9 Å². The molecule has 0 unspecified atom stereocenters. The average Bonchev–Trinajstić information content (AvgIpc) is 2.81. The molecule has 0 saturated heterocycles. The molecule has 0 radical (unpaired) electrons. The number of benzene rings is 1. The highest BCUT2D eigenvalue weighted by atomic mass is 35.5. The fraction of sp³-hybridized carbons (Fsp3) is 0.167. The smallest absolute Gasteiger partial charge is 0.345 e. The summed E-state index contributed by atoms with van der Waals surface area (Å²) in [4.78, 5) is 22.2. The monoisotopic (exact) mass is 297 g/mol. The molecule has 0 saturated carbocycles. The van der Waals surface area contributed by atoms with Crippen molar-refractivity contribution in [2.45, 2.75) is 13.5 Å². The van der Waals surface area contributed by atoms with Crippen LogP contribution in [0.2, 0.25) is 5.02 Å². The van der Waals surface area contributed by atoms with Gasteiger partial charge in [0.2, 0.25) is 5.78 Å². The third-order valence-electron chi connectivity index (χ3n) is 2.72. The highest BCUT2D eigenvalue weighted by molar-refractivity contribution is 6.34. The van der Waals surface area contributed by atoms with E-state index in [1.807, 2.05) is 0 Å². The number of hydrogen-bond donors (Lipinski definition) is 0. The Morgan fingerprint density at radius 3 is 2.90 bits per heavy atom. The van der Waals surface area contributed by atoms with Crippen molar-refractivity contribution in [1.82, 2.24) is 9.78 Å². The van der Waals surface area contributed by atoms with Crippen molar-refractivity contribution in [2.24, 2.45) is 0 Å². The number of Topliss-reactive ketones (excluding diaryl/α,β-unsaturated/α-hetero) is 1. The summed E-state index contributed by atoms with van der Waals surface area (Å²) in [5.41, 5.74) is 0.378. The topological polar surface area (TPSA) is 78.0 Å². The highest BCUT2D eigenvalue weighted by Crippen LogP contribution is 2.22. The van der Waals surface area contributed by atoms with Crippen molar-refractivity contribution in [2.75, 3.05) is 0 Å². The third-order valence-corrected chi connectivity index (χ3v) is 3.04. The Hall–Kier alpha value is -2.28. The molecule has 0 aliphatic rings. The van der Waals surface area contributed by atoms with Crippen LogP contribution >= 0.6 is 11.6 Å². The van der Waals surface area contributed by atoms with E-state index >= 15 is 0 Å². The van der Waals surface area contributed by atoms with Crippen LogP contribution in [0.25, 0.3) is 0 Å². The van der Waals surface area contributed by atoms with E-state index in [4.69, 9.17) is 11.6 Å². The molecule has 1 aromatic heterocycles. The predicted molar refractivity (Wildman–Crippen MR) is 69.4 cm³/mol. The molecule has 104 valence electrons. The maximum absolute atomic E-state index is 13.3. The summed E-state index contributed by atoms with van der Waals surface area (Å²) in [6, 6.07) is 3.54. The summed E-state index contributed by atoms with van der Waals surface area (Å²) in [6.07, 6.45) is 1.23. The van der Waals surface area contributed by atoms with E-state index in [0.29, 0.717) is 0 Å². The van der Waals surface area contributed by atoms with Gasteiger partial charge in [-0.1, -0.05) is 16.7 Å². The molecule has 2 rings (SSSR count). The van der Waals surface area contributed by atoms with Crippen molar-refractivity contribution in [1.29, 1.82) is 0 Å². The van der Waals surface area contributed by atoms with E-state index in [2.05, 4.69) is 5.10 Å². The third kappa shape index (κ3) is 2.67. The molecule has 0 amide bonds. The zero-order valence-corrected chi connectivity index (χ0v) is 11.1. The number of carbonyl (C=O) groups is 1. The first-order chi connectivity index (χ1) is 9.40. The number of nitrogens with zero attached hydrogens (tertiary/aromatic N) is 3. The Morgan fingerprint density at radius 2 is 2.25 bits per heavy atom. The fourth-order valence-electron chi connectivity index (χ4n) is 1.69. The van der Waals surface area contributed by atoms with Crippen LogP contribution in [0.3, 0.4) is 0 Å². The molecular weight excluding hydrogens is 289 g/mol. The molecule has 8 heteroatoms. The van der Waals surface area contributed by atoms with Gasteiger partial charge in [0.1, 0.15) is 5.82 Å². The van der Waals surface area contributed by atoms with Gasteiger partial charge < -0.3 is 10.1 Å². The Kier molecular flexibility index (Phi) is 3.80. The molecule has 0 atom stereocenters. The quantitative estimate of drug-likeness (QED) is 0.494. The van der Waals surface area contributed by atoms with Gasteiger partial charge in [0.25, 0.3) is 0 Å². The number of carbonyl (C=O) groups excluding carboxylic acids is 1. The van der Waals surface area contributed by atoms with Crippen LogP contribution in [0.4, 0.5) is 10.2 Å². The lowest BCUT2D eigenvalue weighted by atomic mass is 10.1. The fourth-order valence-corrected chi connectivity index (χ4v) is 1.95. The van der Waals surface area contributed by atoms with Gasteiger partial charge >= 0.3 is 5.82 Å². The maximum Gasteiger partial charge on any atom is 0.345 e. The maximum atomic E-state index is 13.3. The Morgan fingerprint density at radius 1 is 1.55 bits per heavy atom. The number of ketones is 1. The molecule has 0 aliphatic carbocycles. The summed E-state index contributed by atoms with van der Waals surface area (Å²) >= 11 is 5.81. The van der Waals surface area contributed by atoms with Crippen LogP contribution in [-0.2, 0) is 6.54 Å². The largest absolute Gasteiger partial charge is 0.358 e. The van der Waals surface area contributed by atoms with Crippen molar-refractivity contribution in [3.05, 3.63) is 56.5 Å². The zero-order valence-electron chi connectivity index (χ0n) is 10.3. The van der Waals surface area contributed by atoms with Gasteiger partial charge in [0.15, 0.2) is 6.54 Å². The standard InChI is InChI=1S/C12H9ClFN3O3/c1-7-4-8(9(13)5-10(7)14)11(18)6-16-12(17(19)20)2-3-15-16/h2-5H,6H2,1H3. The minimum atomic E-state index is -0.641. The van der Waals surface area contributed by atoms with Gasteiger partial charge in [-0.25, -0.2) is 4.39 Å². The van der Waals surface area contributed by atoms with E-state index in [0.717, 1.165) is 10.7 Å². The summed E-state index contributed by atoms with van der Waals surface area (Å²) in [5, 5.41) is 14.4. The summed E-state index contributed by atoms with van der Waals surface area (Å²) in [6.45, 7) is 1.16. The van der Waals surface area contributed by atoms with Crippen molar-refractivity contribution in [3.8, 4) is 0 Å². The van der Waals surface area contributed by atoms with Gasteiger partial charge in [-0.05, 0) is 29.5 Å². The molecule has 1 aromatic carbocycles. The minimum absolute atomic E-state index is 0.0343. The van der Waals surface area contributed by atoms with Gasteiger partial charge in [-0.3, -0.25) is 4.79 Å². The van der Waals surface area contributed by atoms with E-state index in [1.165, 1.54) is 25.3 Å². The molecule has 0 N–H and O–H groups in total. The lowest BCUT2D eigenvalue weighted by Crippen LogP contribution is -2.14. The van der Waals surface area contributed by atoms with Gasteiger partial charge in [0.05, 0.1) is 17.3 Å². The summed E-state index contributed by atoms with van der Waals surface area (Å²) in [7, 11) is 0. The van der Waals surface area contributed by atoms with Gasteiger partial charge in [-0.2, -0.15) is 0 Å². The normalized spacial score (nSPS) is 10.6. The number of nitro groups is 1. The van der Waals surface area contributed by atoms with E-state index in [1.54, 1.807) is 0 Å². The second-order valence-corrected chi connectivity index (χ2v) is 4.52. The number of hydrogen-bond acceptors (Lipinski definition) is 4. The van der Waals surface area contributed by atoms with Crippen molar-refractivity contribution < 1.29 is 14.1 Å². The molecule has 0 spiro atoms. The second kappa shape index (κ2) is 5.38. The molecule has 0 aliphatic heterocycles. The molecule has 0 bridgehead atoms. The first-order valence-corrected chi connectivity index (χ1v) is 5.93. The Balaban J connectivity index is 2.31. The van der Waals surface area contributed by atoms with Crippen LogP contribution < -0.4 is 0 Å². The number of halogens is 2. The number of rotatable bonds is 4. The highest BCUT2D eigenvalue weighted by Gasteiger charge is 2.20. The zero-order chi connectivity index (χ0) is 14.9. The van der Waals surface area contributed by atoms with E-state index in [9.17, 15) is 19.3 Å². The summed E-state index contributed by atoms with van der Waals surface area (Å²) < 4.78 is 14.2. The lowest BCUT2D eigenvalue weighted by molar-refractivity contribution is -0.392. The van der Waals surface area contributed by atoms with E-state index in [-0.39, 0.29) is 28.5 Å². The van der Waals surface area contributed by atoms with Gasteiger partial charge in [0, 0.05) is 5.56 Å². The van der Waals surface area contributed by atoms with Crippen LogP contribution in [0.15, 0.2) is 24.4 Å². The Bertz CT molecular complexity index is 699. The molecule has 1 heterocycles. The predicted octanol–water partition coefficient (Wildman–Crippen LogP) is 2.78. The number of aromatic nitrogens is 2. The van der Waals surface area contributed by atoms with Crippen molar-refractivity contribution >= 4 is 23.2 Å². The first-order valence-electron chi connectivity index (χ1n) is 5.55. The van der Waals surface area contributed by atoms with Gasteiger partial charge in [-0.15, -0.1) is 4.68 Å². The molecule has 2 aromatic rings. The second-order valence-electron chi connectivity index (χ2n) is 4.11. The lowest BCUT2D eigenvalue weighted by Gasteiger charge is -2.05. The average molecular weight is 298 g/mol. The van der Waals surface area contributed by atoms with Crippen LogP contribution in [0, 0.1) is 22.9 Å². The van der Waals surface area contributed by atoms with Crippen LogP contribution in [-0.4, -0.2) is 20.5 Å². The molecule has 20 heavy (non-hydrogen) atoms. The number of aryl methyl sites for hydroxylation is 1. The van der Waals surface area contributed by atoms with Crippen molar-refractivity contribution in [3.63, 3.8) is 0 Å². The SMILES string of the molecule is Cc1cc(C(=O)Cn2nccc2[N+](=O)[O-])c(Cl)cc1F. The molecular formula is C12H9ClFN3O3. The summed E-state index contributed by atoms with van der Waals surface area (Å²) in [5.74, 6) is -1.30. The first kappa shape index (κ1) is 14.1. The molecule has 0 fully saturated rings. The minimum Gasteiger partial charge on any atom is -0.358 e.